The molecule has 134 valence electrons. The van der Waals surface area contributed by atoms with Gasteiger partial charge in [0.05, 0.1) is 0 Å². The molecular formula is C19H31N3O2. The molecule has 0 unspecified atom stereocenters. The van der Waals surface area contributed by atoms with Crippen molar-refractivity contribution in [2.24, 2.45) is 11.8 Å². The van der Waals surface area contributed by atoms with Crippen molar-refractivity contribution in [1.29, 1.82) is 0 Å². The number of likely N-dealkylation sites (N-methyl/N-ethyl adjacent to an activating group) is 1. The summed E-state index contributed by atoms with van der Waals surface area (Å²) in [6, 6.07) is 8.25. The summed E-state index contributed by atoms with van der Waals surface area (Å²) in [5.74, 6) is 0.901. The number of carbonyl (C=O) groups excluding carboxylic acids is 1. The number of fused-ring (bicyclic) bond motifs is 1. The molecular weight excluding hydrogens is 302 g/mol. The van der Waals surface area contributed by atoms with Crippen LogP contribution in [0, 0.1) is 11.8 Å². The number of aliphatic hydroxyl groups excluding tert-OH is 1. The smallest absolute Gasteiger partial charge is 0.317 e. The third-order valence-electron chi connectivity index (χ3n) is 4.64. The number of carbonyl (C=O) groups is 1. The van der Waals surface area contributed by atoms with Crippen LogP contribution in [-0.4, -0.2) is 49.3 Å². The Morgan fingerprint density at radius 2 is 2.04 bits per heavy atom. The summed E-state index contributed by atoms with van der Waals surface area (Å²) in [5.41, 5.74) is 2.38. The zero-order valence-electron chi connectivity index (χ0n) is 15.2. The molecule has 1 heterocycles. The molecule has 1 aromatic carbocycles. The highest BCUT2D eigenvalue weighted by Gasteiger charge is 2.21. The lowest BCUT2D eigenvalue weighted by Gasteiger charge is -2.24. The monoisotopic (exact) mass is 333 g/mol. The van der Waals surface area contributed by atoms with Crippen LogP contribution in [0.2, 0.25) is 0 Å². The van der Waals surface area contributed by atoms with Gasteiger partial charge in [-0.3, -0.25) is 0 Å². The molecule has 24 heavy (non-hydrogen) atoms. The highest BCUT2D eigenvalue weighted by Crippen LogP contribution is 2.23. The minimum absolute atomic E-state index is 0.00759. The maximum Gasteiger partial charge on any atom is 0.317 e. The molecule has 1 aliphatic heterocycles. The minimum atomic E-state index is -0.00759. The molecule has 1 aliphatic rings. The Hall–Kier alpha value is -1.75. The van der Waals surface area contributed by atoms with E-state index >= 15 is 0 Å². The summed E-state index contributed by atoms with van der Waals surface area (Å²) in [5, 5.41) is 12.3. The number of benzene rings is 1. The summed E-state index contributed by atoms with van der Waals surface area (Å²) in [6.07, 6.45) is 1.76. The van der Waals surface area contributed by atoms with Gasteiger partial charge in [-0.25, -0.2) is 4.79 Å². The first kappa shape index (κ1) is 18.6. The summed E-state index contributed by atoms with van der Waals surface area (Å²) in [4.78, 5) is 16.7. The number of aliphatic hydroxyl groups is 1. The first-order valence-electron chi connectivity index (χ1n) is 8.94. The number of rotatable bonds is 6. The second kappa shape index (κ2) is 8.92. The summed E-state index contributed by atoms with van der Waals surface area (Å²) < 4.78 is 0. The van der Waals surface area contributed by atoms with Gasteiger partial charge in [-0.1, -0.05) is 32.0 Å². The first-order valence-corrected chi connectivity index (χ1v) is 8.94. The van der Waals surface area contributed by atoms with Gasteiger partial charge in [0.2, 0.25) is 0 Å². The topological polar surface area (TPSA) is 55.8 Å². The third-order valence-corrected chi connectivity index (χ3v) is 4.64. The molecule has 2 N–H and O–H groups in total. The van der Waals surface area contributed by atoms with E-state index in [9.17, 15) is 9.90 Å². The number of hydrogen-bond donors (Lipinski definition) is 2. The zero-order chi connectivity index (χ0) is 17.5. The second-order valence-electron chi connectivity index (χ2n) is 7.17. The van der Waals surface area contributed by atoms with E-state index in [0.29, 0.717) is 31.5 Å². The predicted octanol–water partition coefficient (Wildman–Crippen LogP) is 2.69. The number of anilines is 1. The van der Waals surface area contributed by atoms with Crippen LogP contribution in [-0.2, 0) is 6.54 Å². The van der Waals surface area contributed by atoms with Crippen molar-refractivity contribution in [1.82, 2.24) is 10.2 Å². The molecule has 0 aromatic heterocycles. The van der Waals surface area contributed by atoms with Gasteiger partial charge < -0.3 is 20.2 Å². The number of amides is 2. The molecule has 1 atom stereocenters. The van der Waals surface area contributed by atoms with Gasteiger partial charge in [0, 0.05) is 45.5 Å². The Labute approximate surface area is 145 Å². The normalized spacial score (nSPS) is 15.9. The number of urea groups is 1. The molecule has 0 bridgehead atoms. The Bertz CT molecular complexity index is 533. The van der Waals surface area contributed by atoms with Crippen molar-refractivity contribution in [2.45, 2.75) is 33.2 Å². The van der Waals surface area contributed by atoms with Crippen molar-refractivity contribution in [2.75, 3.05) is 38.2 Å². The predicted molar refractivity (Wildman–Crippen MR) is 98.2 cm³/mol. The van der Waals surface area contributed by atoms with Crippen molar-refractivity contribution in [3.05, 3.63) is 29.8 Å². The van der Waals surface area contributed by atoms with Gasteiger partial charge in [0.1, 0.15) is 0 Å². The van der Waals surface area contributed by atoms with Gasteiger partial charge in [-0.05, 0) is 36.3 Å². The summed E-state index contributed by atoms with van der Waals surface area (Å²) in [7, 11) is 2.07. The van der Waals surface area contributed by atoms with E-state index in [2.05, 4.69) is 43.2 Å². The molecule has 5 heteroatoms. The van der Waals surface area contributed by atoms with E-state index in [1.165, 1.54) is 11.3 Å². The fraction of sp³-hybridized carbons (Fsp3) is 0.632. The third kappa shape index (κ3) is 5.13. The molecule has 5 nitrogen and oxygen atoms in total. The van der Waals surface area contributed by atoms with Crippen LogP contribution in [0.4, 0.5) is 10.5 Å². The van der Waals surface area contributed by atoms with Crippen LogP contribution < -0.4 is 10.2 Å². The van der Waals surface area contributed by atoms with Crippen LogP contribution in [0.1, 0.15) is 32.3 Å². The molecule has 0 fully saturated rings. The van der Waals surface area contributed by atoms with Crippen LogP contribution in [0.15, 0.2) is 24.3 Å². The number of nitrogens with zero attached hydrogens (tertiary/aromatic N) is 2. The maximum absolute atomic E-state index is 12.6. The molecule has 0 spiro atoms. The Morgan fingerprint density at radius 1 is 1.29 bits per heavy atom. The number of nitrogens with one attached hydrogen (secondary N) is 1. The van der Waals surface area contributed by atoms with Crippen molar-refractivity contribution < 1.29 is 9.90 Å². The molecule has 2 rings (SSSR count). The lowest BCUT2D eigenvalue weighted by molar-refractivity contribution is 0.191. The van der Waals surface area contributed by atoms with Gasteiger partial charge in [-0.2, -0.15) is 0 Å². The summed E-state index contributed by atoms with van der Waals surface area (Å²) >= 11 is 0. The molecule has 0 radical (unpaired) electrons. The molecule has 0 aliphatic carbocycles. The SMILES string of the molecule is CC(C)C[C@@H](CCO)CNC(=O)N1CCN(C)c2ccccc2C1. The molecule has 0 saturated carbocycles. The van der Waals surface area contributed by atoms with Crippen molar-refractivity contribution >= 4 is 11.7 Å². The lowest BCUT2D eigenvalue weighted by atomic mass is 9.94. The average molecular weight is 333 g/mol. The van der Waals surface area contributed by atoms with Crippen molar-refractivity contribution in [3.63, 3.8) is 0 Å². The summed E-state index contributed by atoms with van der Waals surface area (Å²) in [6.45, 7) is 7.34. The highest BCUT2D eigenvalue weighted by molar-refractivity contribution is 5.75. The molecule has 0 saturated heterocycles. The average Bonchev–Trinajstić information content (AvgIpc) is 2.72. The minimum Gasteiger partial charge on any atom is -0.396 e. The van der Waals surface area contributed by atoms with Gasteiger partial charge in [0.15, 0.2) is 0 Å². The van der Waals surface area contributed by atoms with E-state index < -0.39 is 0 Å². The quantitative estimate of drug-likeness (QED) is 0.841. The van der Waals surface area contributed by atoms with E-state index in [1.807, 2.05) is 17.0 Å². The van der Waals surface area contributed by atoms with Gasteiger partial charge >= 0.3 is 6.03 Å². The molecule has 2 amide bonds. The van der Waals surface area contributed by atoms with Crippen LogP contribution in [0.25, 0.3) is 0 Å². The zero-order valence-corrected chi connectivity index (χ0v) is 15.2. The number of hydrogen-bond acceptors (Lipinski definition) is 3. The fourth-order valence-electron chi connectivity index (χ4n) is 3.36. The molecule has 1 aromatic rings. The van der Waals surface area contributed by atoms with Gasteiger partial charge in [0.25, 0.3) is 0 Å². The maximum atomic E-state index is 12.6. The van der Waals surface area contributed by atoms with E-state index in [-0.39, 0.29) is 12.6 Å². The van der Waals surface area contributed by atoms with Crippen molar-refractivity contribution in [3.8, 4) is 0 Å². The standard InChI is InChI=1S/C19H31N3O2/c1-15(2)12-16(8-11-23)13-20-19(24)22-10-9-21(3)18-7-5-4-6-17(18)14-22/h4-7,15-16,23H,8-14H2,1-3H3,(H,20,24)/t16-/m1/s1. The first-order chi connectivity index (χ1) is 11.5. The van der Waals surface area contributed by atoms with E-state index in [0.717, 1.165) is 19.4 Å². The highest BCUT2D eigenvalue weighted by atomic mass is 16.3. The second-order valence-corrected chi connectivity index (χ2v) is 7.17. The Morgan fingerprint density at radius 3 is 2.75 bits per heavy atom. The lowest BCUT2D eigenvalue weighted by Crippen LogP contribution is -2.43. The van der Waals surface area contributed by atoms with Crippen LogP contribution in [0.3, 0.4) is 0 Å². The van der Waals surface area contributed by atoms with E-state index in [1.54, 1.807) is 0 Å². The largest absolute Gasteiger partial charge is 0.396 e. The van der Waals surface area contributed by atoms with Crippen LogP contribution >= 0.6 is 0 Å². The Balaban J connectivity index is 1.95. The van der Waals surface area contributed by atoms with Crippen LogP contribution in [0.5, 0.6) is 0 Å². The van der Waals surface area contributed by atoms with E-state index in [4.69, 9.17) is 0 Å². The fourth-order valence-corrected chi connectivity index (χ4v) is 3.36. The number of para-hydroxylation sites is 1. The Kier molecular flexibility index (Phi) is 6.91. The van der Waals surface area contributed by atoms with Gasteiger partial charge in [-0.15, -0.1) is 0 Å².